The van der Waals surface area contributed by atoms with E-state index in [1.807, 2.05) is 86.0 Å². The summed E-state index contributed by atoms with van der Waals surface area (Å²) >= 11 is 9.20. The van der Waals surface area contributed by atoms with Crippen LogP contribution < -0.4 is 24.4 Å². The number of carbonyl (C=O) groups is 1. The highest BCUT2D eigenvalue weighted by atomic mass is 35.5. The fourth-order valence-corrected chi connectivity index (χ4v) is 6.53. The first-order valence-corrected chi connectivity index (χ1v) is 16.6. The number of benzene rings is 3. The van der Waals surface area contributed by atoms with Gasteiger partial charge in [0.2, 0.25) is 0 Å². The molecule has 1 aromatic heterocycles. The number of nitrogens with zero attached hydrogens (tertiary/aromatic N) is 2. The molecular weight excluding hydrogens is 616 g/mol. The Balaban J connectivity index is 1.56. The molecule has 228 valence electrons. The predicted molar refractivity (Wildman–Crippen MR) is 177 cm³/mol. The van der Waals surface area contributed by atoms with Crippen molar-refractivity contribution in [1.82, 2.24) is 4.57 Å². The van der Waals surface area contributed by atoms with Gasteiger partial charge in [0.1, 0.15) is 6.61 Å². The van der Waals surface area contributed by atoms with E-state index in [1.165, 1.54) is 11.3 Å². The van der Waals surface area contributed by atoms with Gasteiger partial charge in [-0.25, -0.2) is 9.79 Å². The second-order valence-corrected chi connectivity index (χ2v) is 12.6. The Morgan fingerprint density at radius 2 is 1.84 bits per heavy atom. The van der Waals surface area contributed by atoms with Crippen LogP contribution in [0.5, 0.6) is 11.5 Å². The normalized spacial score (nSPS) is 14.8. The van der Waals surface area contributed by atoms with Gasteiger partial charge in [-0.05, 0) is 81.5 Å². The number of carbonyl (C=O) groups excluding carboxylic acids is 1. The molecule has 0 radical (unpaired) electrons. The third-order valence-electron chi connectivity index (χ3n) is 6.92. The highest BCUT2D eigenvalue weighted by Crippen LogP contribution is 2.33. The van der Waals surface area contributed by atoms with Crippen molar-refractivity contribution in [2.24, 2.45) is 4.99 Å². The number of esters is 1. The van der Waals surface area contributed by atoms with Crippen LogP contribution in [0, 0.1) is 0 Å². The predicted octanol–water partition coefficient (Wildman–Crippen LogP) is 6.54. The van der Waals surface area contributed by atoms with Crippen LogP contribution in [0.15, 0.2) is 92.7 Å². The highest BCUT2D eigenvalue weighted by molar-refractivity contribution is 7.98. The number of thiazole rings is 1. The molecule has 1 aliphatic rings. The quantitative estimate of drug-likeness (QED) is 0.144. The molecule has 7 nitrogen and oxygen atoms in total. The molecule has 44 heavy (non-hydrogen) atoms. The Hall–Kier alpha value is -3.79. The maximum absolute atomic E-state index is 14.0. The van der Waals surface area contributed by atoms with Crippen LogP contribution in [0.2, 0.25) is 5.02 Å². The van der Waals surface area contributed by atoms with Gasteiger partial charge in [0.25, 0.3) is 5.56 Å². The number of ether oxygens (including phenoxy) is 3. The van der Waals surface area contributed by atoms with Crippen molar-refractivity contribution in [3.8, 4) is 11.5 Å². The van der Waals surface area contributed by atoms with Crippen molar-refractivity contribution in [3.05, 3.63) is 119 Å². The topological polar surface area (TPSA) is 79.1 Å². The molecular formula is C34H33ClN2O5S2. The zero-order valence-corrected chi connectivity index (χ0v) is 27.5. The van der Waals surface area contributed by atoms with Crippen LogP contribution in [0.4, 0.5) is 0 Å². The second-order valence-electron chi connectivity index (χ2n) is 10.3. The van der Waals surface area contributed by atoms with Crippen molar-refractivity contribution >= 4 is 46.7 Å². The lowest BCUT2D eigenvalue weighted by Crippen LogP contribution is -2.40. The molecule has 0 N–H and O–H groups in total. The number of rotatable bonds is 10. The maximum Gasteiger partial charge on any atom is 0.338 e. The highest BCUT2D eigenvalue weighted by Gasteiger charge is 2.33. The number of halogens is 1. The number of fused-ring (bicyclic) bond motifs is 1. The minimum absolute atomic E-state index is 0.243. The molecule has 5 rings (SSSR count). The molecule has 0 fully saturated rings. The second kappa shape index (κ2) is 13.9. The van der Waals surface area contributed by atoms with Gasteiger partial charge in [-0.3, -0.25) is 9.36 Å². The Morgan fingerprint density at radius 1 is 1.09 bits per heavy atom. The van der Waals surface area contributed by atoms with E-state index < -0.39 is 12.0 Å². The van der Waals surface area contributed by atoms with Crippen molar-refractivity contribution in [2.75, 3.05) is 12.9 Å². The third kappa shape index (κ3) is 6.80. The van der Waals surface area contributed by atoms with E-state index in [2.05, 4.69) is 0 Å². The third-order valence-corrected chi connectivity index (χ3v) is 9.02. The molecule has 3 aromatic carbocycles. The molecule has 0 saturated heterocycles. The summed E-state index contributed by atoms with van der Waals surface area (Å²) in [6, 6.07) is 20.3. The average Bonchev–Trinajstić information content (AvgIpc) is 3.30. The Morgan fingerprint density at radius 3 is 2.52 bits per heavy atom. The summed E-state index contributed by atoms with van der Waals surface area (Å²) in [4.78, 5) is 33.7. The summed E-state index contributed by atoms with van der Waals surface area (Å²) in [5, 5.41) is 0.631. The van der Waals surface area contributed by atoms with Gasteiger partial charge in [-0.15, -0.1) is 11.8 Å². The lowest BCUT2D eigenvalue weighted by atomic mass is 9.96. The summed E-state index contributed by atoms with van der Waals surface area (Å²) in [5.74, 6) is 0.647. The number of thioether (sulfide) groups is 1. The molecule has 1 atom stereocenters. The van der Waals surface area contributed by atoms with Crippen molar-refractivity contribution in [1.29, 1.82) is 0 Å². The van der Waals surface area contributed by atoms with Gasteiger partial charge >= 0.3 is 5.97 Å². The van der Waals surface area contributed by atoms with E-state index in [9.17, 15) is 9.59 Å². The molecule has 0 aliphatic carbocycles. The standard InChI is InChI=1S/C34H33ClN2O5S2/c1-6-40-28-17-22(11-16-27(28)41-19-24-9-7-8-10-26(24)35)18-29-32(38)37-31(23-12-14-25(43-5)15-13-23)30(33(39)42-20(2)3)21(4)36-34(37)44-29/h7-18,20,31H,6,19H2,1-5H3/b29-18-/t31-/m1/s1. The zero-order chi connectivity index (χ0) is 31.4. The lowest BCUT2D eigenvalue weighted by molar-refractivity contribution is -0.143. The first kappa shape index (κ1) is 31.6. The molecule has 0 bridgehead atoms. The summed E-state index contributed by atoms with van der Waals surface area (Å²) in [6.07, 6.45) is 3.49. The van der Waals surface area contributed by atoms with Crippen LogP contribution in [0.1, 0.15) is 50.4 Å². The van der Waals surface area contributed by atoms with Crippen molar-refractivity contribution < 1.29 is 19.0 Å². The van der Waals surface area contributed by atoms with Crippen LogP contribution in [-0.2, 0) is 16.1 Å². The molecule has 0 unspecified atom stereocenters. The number of allylic oxidation sites excluding steroid dienone is 1. The lowest BCUT2D eigenvalue weighted by Gasteiger charge is -2.25. The SMILES string of the molecule is CCOc1cc(/C=c2\sc3n(c2=O)[C@H](c2ccc(SC)cc2)C(C(=O)OC(C)C)=C(C)N=3)ccc1OCc1ccccc1Cl. The summed E-state index contributed by atoms with van der Waals surface area (Å²) in [6.45, 7) is 8.02. The molecule has 0 saturated carbocycles. The van der Waals surface area contributed by atoms with Gasteiger partial charge in [0.05, 0.1) is 34.6 Å². The van der Waals surface area contributed by atoms with Crippen molar-refractivity contribution in [3.63, 3.8) is 0 Å². The van der Waals surface area contributed by atoms with Gasteiger partial charge < -0.3 is 14.2 Å². The van der Waals surface area contributed by atoms with Crippen LogP contribution in [0.25, 0.3) is 6.08 Å². The fourth-order valence-electron chi connectivity index (χ4n) is 4.89. The summed E-state index contributed by atoms with van der Waals surface area (Å²) < 4.78 is 19.6. The Kier molecular flexibility index (Phi) is 9.98. The van der Waals surface area contributed by atoms with E-state index >= 15 is 0 Å². The Labute approximate surface area is 269 Å². The van der Waals surface area contributed by atoms with Crippen molar-refractivity contribution in [2.45, 2.75) is 51.3 Å². The smallest absolute Gasteiger partial charge is 0.338 e. The summed E-state index contributed by atoms with van der Waals surface area (Å²) in [5.41, 5.74) is 3.08. The summed E-state index contributed by atoms with van der Waals surface area (Å²) in [7, 11) is 0. The van der Waals surface area contributed by atoms with E-state index in [0.29, 0.717) is 43.7 Å². The van der Waals surface area contributed by atoms with Gasteiger partial charge in [-0.1, -0.05) is 59.3 Å². The average molecular weight is 649 g/mol. The van der Waals surface area contributed by atoms with Gasteiger partial charge in [0, 0.05) is 15.5 Å². The van der Waals surface area contributed by atoms with Gasteiger partial charge in [-0.2, -0.15) is 0 Å². The van der Waals surface area contributed by atoms with Crippen LogP contribution in [0.3, 0.4) is 0 Å². The minimum atomic E-state index is -0.671. The molecule has 2 heterocycles. The monoisotopic (exact) mass is 648 g/mol. The number of aromatic nitrogens is 1. The van der Waals surface area contributed by atoms with Gasteiger partial charge in [0.15, 0.2) is 16.3 Å². The van der Waals surface area contributed by atoms with Crippen LogP contribution in [-0.4, -0.2) is 29.5 Å². The first-order valence-electron chi connectivity index (χ1n) is 14.2. The molecule has 0 spiro atoms. The molecule has 4 aromatic rings. The number of hydrogen-bond acceptors (Lipinski definition) is 8. The van der Waals surface area contributed by atoms with E-state index in [0.717, 1.165) is 21.6 Å². The van der Waals surface area contributed by atoms with E-state index in [4.69, 9.17) is 30.8 Å². The maximum atomic E-state index is 14.0. The van der Waals surface area contributed by atoms with Crippen LogP contribution >= 0.6 is 34.7 Å². The minimum Gasteiger partial charge on any atom is -0.490 e. The van der Waals surface area contributed by atoms with E-state index in [1.54, 1.807) is 37.1 Å². The largest absolute Gasteiger partial charge is 0.490 e. The molecule has 0 amide bonds. The fraction of sp³-hybridized carbons (Fsp3) is 0.265. The Bertz CT molecular complexity index is 1890. The van der Waals surface area contributed by atoms with E-state index in [-0.39, 0.29) is 18.3 Å². The number of hydrogen-bond donors (Lipinski definition) is 0. The first-order chi connectivity index (χ1) is 21.2. The molecule has 1 aliphatic heterocycles. The molecule has 10 heteroatoms. The zero-order valence-electron chi connectivity index (χ0n) is 25.1.